The molecule has 2 nitrogen and oxygen atoms in total. The van der Waals surface area contributed by atoms with Gasteiger partial charge in [0, 0.05) is 12.6 Å². The fourth-order valence-corrected chi connectivity index (χ4v) is 0.990. The van der Waals surface area contributed by atoms with Crippen molar-refractivity contribution in [1.82, 2.24) is 4.98 Å². The minimum Gasteiger partial charge on any atom is -0.378 e. The Bertz CT molecular complexity index is 197. The molecule has 2 rings (SSSR count). The van der Waals surface area contributed by atoms with Gasteiger partial charge in [-0.05, 0) is 12.1 Å². The molecule has 2 heteroatoms. The van der Waals surface area contributed by atoms with Crippen LogP contribution in [0.3, 0.4) is 0 Å². The summed E-state index contributed by atoms with van der Waals surface area (Å²) < 4.78 is 0. The van der Waals surface area contributed by atoms with Crippen molar-refractivity contribution < 1.29 is 0 Å². The highest BCUT2D eigenvalue weighted by Crippen LogP contribution is 2.19. The van der Waals surface area contributed by atoms with Gasteiger partial charge < -0.3 is 5.32 Å². The molecular weight excluding hydrogens is 112 g/mol. The molecule has 0 amide bonds. The summed E-state index contributed by atoms with van der Waals surface area (Å²) >= 11 is 0. The molecule has 0 aliphatic carbocycles. The van der Waals surface area contributed by atoms with Crippen LogP contribution >= 0.6 is 0 Å². The van der Waals surface area contributed by atoms with E-state index in [0.29, 0.717) is 0 Å². The molecule has 0 saturated heterocycles. The minimum atomic E-state index is 0.955. The van der Waals surface area contributed by atoms with Gasteiger partial charge >= 0.3 is 0 Å². The maximum absolute atomic E-state index is 4.17. The van der Waals surface area contributed by atoms with E-state index in [-0.39, 0.29) is 0 Å². The monoisotopic (exact) mass is 119 g/mol. The lowest BCUT2D eigenvalue weighted by Gasteiger charge is -1.93. The third-order valence-corrected chi connectivity index (χ3v) is 1.44. The van der Waals surface area contributed by atoms with Gasteiger partial charge in [-0.1, -0.05) is 0 Å². The van der Waals surface area contributed by atoms with Crippen LogP contribution in [0.1, 0.15) is 5.69 Å². The van der Waals surface area contributed by atoms with Gasteiger partial charge in [0.2, 0.25) is 0 Å². The fraction of sp³-hybridized carbons (Fsp3) is 0.143. The molecule has 1 aliphatic heterocycles. The first kappa shape index (κ1) is 4.79. The van der Waals surface area contributed by atoms with Gasteiger partial charge in [-0.25, -0.2) is 0 Å². The highest BCUT2D eigenvalue weighted by Gasteiger charge is 2.08. The first-order valence-corrected chi connectivity index (χ1v) is 2.99. The lowest BCUT2D eigenvalue weighted by molar-refractivity contribution is 1.12. The highest BCUT2D eigenvalue weighted by atomic mass is 14.9. The number of fused-ring (bicyclic) bond motifs is 1. The molecule has 0 fully saturated rings. The van der Waals surface area contributed by atoms with Crippen LogP contribution in [0.4, 0.5) is 5.69 Å². The summed E-state index contributed by atoms with van der Waals surface area (Å²) in [5, 5.41) is 3.11. The fourth-order valence-electron chi connectivity index (χ4n) is 0.990. The first-order valence-electron chi connectivity index (χ1n) is 2.99. The molecule has 0 unspecified atom stereocenters. The van der Waals surface area contributed by atoms with Crippen molar-refractivity contribution in [2.45, 2.75) is 6.42 Å². The Kier molecular flexibility index (Phi) is 0.918. The van der Waals surface area contributed by atoms with Crippen LogP contribution in [0.2, 0.25) is 0 Å². The molecule has 0 spiro atoms. The molecule has 9 heavy (non-hydrogen) atoms. The number of hydrogen-bond donors (Lipinski definition) is 1. The van der Waals surface area contributed by atoms with Gasteiger partial charge in [0.15, 0.2) is 0 Å². The summed E-state index contributed by atoms with van der Waals surface area (Å²) in [5.74, 6) is 0. The van der Waals surface area contributed by atoms with Crippen molar-refractivity contribution in [3.8, 4) is 0 Å². The quantitative estimate of drug-likeness (QED) is 0.555. The molecule has 2 heterocycles. The second-order valence-corrected chi connectivity index (χ2v) is 2.05. The van der Waals surface area contributed by atoms with E-state index >= 15 is 0 Å². The van der Waals surface area contributed by atoms with Gasteiger partial charge in [0.25, 0.3) is 0 Å². The molecule has 1 N–H and O–H groups in total. The molecule has 1 aromatic rings. The van der Waals surface area contributed by atoms with E-state index in [1.165, 1.54) is 0 Å². The van der Waals surface area contributed by atoms with E-state index in [1.54, 1.807) is 0 Å². The molecule has 0 atom stereocenters. The number of hydrogen-bond acceptors (Lipinski definition) is 2. The standard InChI is InChI=1S/C7H7N2/c1-2-6-7(8-4-1)3-5-9-6/h1-2,4-5,9H,3H2. The van der Waals surface area contributed by atoms with Crippen molar-refractivity contribution in [3.05, 3.63) is 30.6 Å². The number of aromatic nitrogens is 1. The maximum atomic E-state index is 4.17. The molecule has 0 bridgehead atoms. The Morgan fingerprint density at radius 1 is 1.56 bits per heavy atom. The summed E-state index contributed by atoms with van der Waals surface area (Å²) in [6.45, 7) is 2.01. The molecule has 1 aliphatic rings. The van der Waals surface area contributed by atoms with Crippen LogP contribution in [0.15, 0.2) is 18.3 Å². The van der Waals surface area contributed by atoms with E-state index in [2.05, 4.69) is 10.3 Å². The summed E-state index contributed by atoms with van der Waals surface area (Å²) in [6, 6.07) is 3.97. The zero-order valence-electron chi connectivity index (χ0n) is 4.96. The Morgan fingerprint density at radius 3 is 3.44 bits per heavy atom. The van der Waals surface area contributed by atoms with Gasteiger partial charge in [0.1, 0.15) is 0 Å². The Hall–Kier alpha value is -1.05. The molecule has 0 saturated carbocycles. The Labute approximate surface area is 53.9 Å². The molecule has 0 aromatic carbocycles. The van der Waals surface area contributed by atoms with Crippen molar-refractivity contribution >= 4 is 5.69 Å². The summed E-state index contributed by atoms with van der Waals surface area (Å²) in [5.41, 5.74) is 2.30. The number of nitrogens with zero attached hydrogens (tertiary/aromatic N) is 1. The Balaban J connectivity index is 2.54. The zero-order valence-corrected chi connectivity index (χ0v) is 4.96. The van der Waals surface area contributed by atoms with Crippen molar-refractivity contribution in [1.29, 1.82) is 0 Å². The predicted molar refractivity (Wildman–Crippen MR) is 35.9 cm³/mol. The third kappa shape index (κ3) is 0.669. The smallest absolute Gasteiger partial charge is 0.0655 e. The summed E-state index contributed by atoms with van der Waals surface area (Å²) in [6.07, 6.45) is 2.77. The predicted octanol–water partition coefficient (Wildman–Crippen LogP) is 1.21. The minimum absolute atomic E-state index is 0.955. The summed E-state index contributed by atoms with van der Waals surface area (Å²) in [7, 11) is 0. The topological polar surface area (TPSA) is 24.9 Å². The van der Waals surface area contributed by atoms with Crippen LogP contribution in [0, 0.1) is 6.54 Å². The number of rotatable bonds is 0. The third-order valence-electron chi connectivity index (χ3n) is 1.44. The number of anilines is 1. The van der Waals surface area contributed by atoms with Crippen molar-refractivity contribution in [2.24, 2.45) is 0 Å². The van der Waals surface area contributed by atoms with Gasteiger partial charge in [-0.15, -0.1) is 0 Å². The van der Waals surface area contributed by atoms with Crippen LogP contribution in [0.25, 0.3) is 0 Å². The van der Waals surface area contributed by atoms with E-state index in [0.717, 1.165) is 17.8 Å². The van der Waals surface area contributed by atoms with E-state index in [1.807, 2.05) is 24.9 Å². The molecule has 1 radical (unpaired) electrons. The largest absolute Gasteiger partial charge is 0.378 e. The van der Waals surface area contributed by atoms with Crippen LogP contribution in [-0.4, -0.2) is 4.98 Å². The van der Waals surface area contributed by atoms with E-state index in [4.69, 9.17) is 0 Å². The van der Waals surface area contributed by atoms with Crippen LogP contribution in [0.5, 0.6) is 0 Å². The van der Waals surface area contributed by atoms with Gasteiger partial charge in [-0.2, -0.15) is 0 Å². The second-order valence-electron chi connectivity index (χ2n) is 2.05. The van der Waals surface area contributed by atoms with E-state index < -0.39 is 0 Å². The molecule has 45 valence electrons. The second kappa shape index (κ2) is 1.72. The van der Waals surface area contributed by atoms with Crippen molar-refractivity contribution in [3.63, 3.8) is 0 Å². The molecule has 1 aromatic heterocycles. The van der Waals surface area contributed by atoms with Gasteiger partial charge in [-0.3, -0.25) is 4.98 Å². The lowest BCUT2D eigenvalue weighted by atomic mass is 10.3. The average molecular weight is 119 g/mol. The lowest BCUT2D eigenvalue weighted by Crippen LogP contribution is -1.82. The first-order chi connectivity index (χ1) is 4.47. The van der Waals surface area contributed by atoms with E-state index in [9.17, 15) is 0 Å². The maximum Gasteiger partial charge on any atom is 0.0655 e. The SMILES string of the molecule is [CH]1Cc2ncccc2N1. The number of pyridine rings is 1. The van der Waals surface area contributed by atoms with Crippen LogP contribution < -0.4 is 5.32 Å². The molecular formula is C7H7N2. The van der Waals surface area contributed by atoms with Gasteiger partial charge in [0.05, 0.1) is 17.9 Å². The highest BCUT2D eigenvalue weighted by molar-refractivity contribution is 5.53. The number of nitrogens with one attached hydrogen (secondary N) is 1. The average Bonchev–Trinajstić information content (AvgIpc) is 2.33. The van der Waals surface area contributed by atoms with Crippen LogP contribution in [-0.2, 0) is 6.42 Å². The normalized spacial score (nSPS) is 14.7. The Morgan fingerprint density at radius 2 is 2.56 bits per heavy atom. The van der Waals surface area contributed by atoms with Crippen molar-refractivity contribution in [2.75, 3.05) is 5.32 Å². The summed E-state index contributed by atoms with van der Waals surface area (Å²) in [4.78, 5) is 4.17. The zero-order chi connectivity index (χ0) is 6.10.